The van der Waals surface area contributed by atoms with Crippen LogP contribution in [0.3, 0.4) is 0 Å². The number of amides is 1. The summed E-state index contributed by atoms with van der Waals surface area (Å²) in [6.07, 6.45) is 4.68. The summed E-state index contributed by atoms with van der Waals surface area (Å²) in [7, 11) is 0. The maximum Gasteiger partial charge on any atom is 0.262 e. The smallest absolute Gasteiger partial charge is 0.262 e. The van der Waals surface area contributed by atoms with E-state index in [1.54, 1.807) is 24.3 Å². The van der Waals surface area contributed by atoms with Crippen molar-refractivity contribution in [1.29, 1.82) is 0 Å². The average Bonchev–Trinajstić information content (AvgIpc) is 3.21. The number of carbonyl (C=O) groups is 1. The van der Waals surface area contributed by atoms with Crippen molar-refractivity contribution in [3.8, 4) is 17.2 Å². The number of hydrogen-bond donors (Lipinski definition) is 1. The van der Waals surface area contributed by atoms with E-state index in [4.69, 9.17) is 9.15 Å². The number of unbranched alkanes of at least 4 members (excludes halogenated alkanes) is 1. The van der Waals surface area contributed by atoms with Gasteiger partial charge in [0.05, 0.1) is 0 Å². The summed E-state index contributed by atoms with van der Waals surface area (Å²) < 4.78 is 10.6. The van der Waals surface area contributed by atoms with Crippen LogP contribution in [0, 0.1) is 0 Å². The van der Waals surface area contributed by atoms with Crippen molar-refractivity contribution >= 4 is 11.6 Å². The number of benzene rings is 2. The monoisotopic (exact) mass is 351 g/mol. The number of nitrogens with zero attached hydrogens (tertiary/aromatic N) is 2. The molecule has 0 aliphatic carbocycles. The maximum atomic E-state index is 12.0. The lowest BCUT2D eigenvalue weighted by molar-refractivity contribution is -0.118. The minimum atomic E-state index is -0.202. The molecule has 0 aliphatic heterocycles. The standard InChI is InChI=1S/C20H21N3O3/c1-2-3-4-15-5-9-17(10-6-15)22-19(24)13-25-18-11-7-16(8-12-18)20-23-21-14-26-20/h5-12,14H,2-4,13H2,1H3,(H,22,24). The van der Waals surface area contributed by atoms with Crippen LogP contribution in [0.2, 0.25) is 0 Å². The number of nitrogens with one attached hydrogen (secondary N) is 1. The zero-order valence-corrected chi connectivity index (χ0v) is 14.6. The predicted octanol–water partition coefficient (Wildman–Crippen LogP) is 4.10. The highest BCUT2D eigenvalue weighted by atomic mass is 16.5. The normalized spacial score (nSPS) is 10.5. The van der Waals surface area contributed by atoms with Crippen LogP contribution >= 0.6 is 0 Å². The second-order valence-electron chi connectivity index (χ2n) is 5.91. The van der Waals surface area contributed by atoms with Crippen LogP contribution in [0.25, 0.3) is 11.5 Å². The van der Waals surface area contributed by atoms with Gasteiger partial charge < -0.3 is 14.5 Å². The van der Waals surface area contributed by atoms with Crippen molar-refractivity contribution in [2.24, 2.45) is 0 Å². The van der Waals surface area contributed by atoms with E-state index in [1.807, 2.05) is 24.3 Å². The second kappa shape index (κ2) is 8.80. The molecule has 0 spiro atoms. The summed E-state index contributed by atoms with van der Waals surface area (Å²) in [5, 5.41) is 10.3. The van der Waals surface area contributed by atoms with Gasteiger partial charge in [-0.15, -0.1) is 10.2 Å². The SMILES string of the molecule is CCCCc1ccc(NC(=O)COc2ccc(-c3nnco3)cc2)cc1. The number of hydrogen-bond acceptors (Lipinski definition) is 5. The van der Waals surface area contributed by atoms with Gasteiger partial charge in [-0.3, -0.25) is 4.79 Å². The Labute approximate surface area is 152 Å². The zero-order chi connectivity index (χ0) is 18.2. The van der Waals surface area contributed by atoms with Crippen molar-refractivity contribution in [3.63, 3.8) is 0 Å². The van der Waals surface area contributed by atoms with Gasteiger partial charge in [0, 0.05) is 11.3 Å². The summed E-state index contributed by atoms with van der Waals surface area (Å²) in [5.41, 5.74) is 2.84. The van der Waals surface area contributed by atoms with Gasteiger partial charge in [-0.05, 0) is 54.8 Å². The third-order valence-corrected chi connectivity index (χ3v) is 3.89. The Morgan fingerprint density at radius 3 is 2.54 bits per heavy atom. The van der Waals surface area contributed by atoms with Gasteiger partial charge in [-0.1, -0.05) is 25.5 Å². The highest BCUT2D eigenvalue weighted by molar-refractivity contribution is 5.91. The fourth-order valence-corrected chi connectivity index (χ4v) is 2.47. The van der Waals surface area contributed by atoms with Crippen molar-refractivity contribution in [2.45, 2.75) is 26.2 Å². The largest absolute Gasteiger partial charge is 0.484 e. The van der Waals surface area contributed by atoms with Gasteiger partial charge in [0.2, 0.25) is 12.3 Å². The Morgan fingerprint density at radius 2 is 1.88 bits per heavy atom. The fraction of sp³-hybridized carbons (Fsp3) is 0.250. The highest BCUT2D eigenvalue weighted by Crippen LogP contribution is 2.20. The quantitative estimate of drug-likeness (QED) is 0.661. The van der Waals surface area contributed by atoms with E-state index in [1.165, 1.54) is 24.8 Å². The van der Waals surface area contributed by atoms with Crippen molar-refractivity contribution in [3.05, 3.63) is 60.5 Å². The number of aryl methyl sites for hydroxylation is 1. The average molecular weight is 351 g/mol. The van der Waals surface area contributed by atoms with Gasteiger partial charge in [-0.25, -0.2) is 0 Å². The predicted molar refractivity (Wildman–Crippen MR) is 98.9 cm³/mol. The summed E-state index contributed by atoms with van der Waals surface area (Å²) in [4.78, 5) is 12.0. The lowest BCUT2D eigenvalue weighted by Crippen LogP contribution is -2.20. The Balaban J connectivity index is 1.48. The molecule has 0 saturated carbocycles. The molecule has 3 rings (SSSR count). The van der Waals surface area contributed by atoms with E-state index in [-0.39, 0.29) is 12.5 Å². The van der Waals surface area contributed by atoms with Crippen LogP contribution in [-0.4, -0.2) is 22.7 Å². The van der Waals surface area contributed by atoms with Gasteiger partial charge in [-0.2, -0.15) is 0 Å². The molecule has 1 N–H and O–H groups in total. The Bertz CT molecular complexity index is 813. The topological polar surface area (TPSA) is 77.2 Å². The Hall–Kier alpha value is -3.15. The highest BCUT2D eigenvalue weighted by Gasteiger charge is 2.06. The van der Waals surface area contributed by atoms with E-state index >= 15 is 0 Å². The minimum absolute atomic E-state index is 0.0580. The first-order valence-corrected chi connectivity index (χ1v) is 8.63. The molecule has 2 aromatic carbocycles. The van der Waals surface area contributed by atoms with E-state index in [9.17, 15) is 4.79 Å². The molecule has 134 valence electrons. The number of anilines is 1. The van der Waals surface area contributed by atoms with Crippen LogP contribution in [-0.2, 0) is 11.2 Å². The molecule has 0 fully saturated rings. The van der Waals surface area contributed by atoms with Gasteiger partial charge in [0.25, 0.3) is 5.91 Å². The molecule has 26 heavy (non-hydrogen) atoms. The maximum absolute atomic E-state index is 12.0. The van der Waals surface area contributed by atoms with Crippen molar-refractivity contribution in [2.75, 3.05) is 11.9 Å². The Kier molecular flexibility index (Phi) is 5.98. The van der Waals surface area contributed by atoms with Crippen LogP contribution in [0.4, 0.5) is 5.69 Å². The molecule has 1 heterocycles. The summed E-state index contributed by atoms with van der Waals surface area (Å²) in [5.74, 6) is 0.835. The van der Waals surface area contributed by atoms with Crippen LogP contribution in [0.1, 0.15) is 25.3 Å². The number of carbonyl (C=O) groups excluding carboxylic acids is 1. The van der Waals surface area contributed by atoms with E-state index in [0.717, 1.165) is 17.7 Å². The number of rotatable bonds is 8. The zero-order valence-electron chi connectivity index (χ0n) is 14.6. The van der Waals surface area contributed by atoms with Crippen molar-refractivity contribution in [1.82, 2.24) is 10.2 Å². The first-order chi connectivity index (χ1) is 12.7. The summed E-state index contributed by atoms with van der Waals surface area (Å²) >= 11 is 0. The third kappa shape index (κ3) is 4.92. The van der Waals surface area contributed by atoms with Gasteiger partial charge in [0.1, 0.15) is 5.75 Å². The molecule has 0 radical (unpaired) electrons. The number of aromatic nitrogens is 2. The molecule has 1 aromatic heterocycles. The first-order valence-electron chi connectivity index (χ1n) is 8.63. The van der Waals surface area contributed by atoms with Gasteiger partial charge >= 0.3 is 0 Å². The van der Waals surface area contributed by atoms with Gasteiger partial charge in [0.15, 0.2) is 6.61 Å². The molecule has 0 unspecified atom stereocenters. The molecular weight excluding hydrogens is 330 g/mol. The molecule has 0 bridgehead atoms. The van der Waals surface area contributed by atoms with Crippen LogP contribution in [0.15, 0.2) is 59.3 Å². The fourth-order valence-electron chi connectivity index (χ4n) is 2.47. The molecule has 0 atom stereocenters. The van der Waals surface area contributed by atoms with E-state index in [2.05, 4.69) is 22.4 Å². The first kappa shape index (κ1) is 17.7. The molecule has 1 amide bonds. The molecule has 0 saturated heterocycles. The molecular formula is C20H21N3O3. The van der Waals surface area contributed by atoms with E-state index < -0.39 is 0 Å². The molecule has 6 nitrogen and oxygen atoms in total. The third-order valence-electron chi connectivity index (χ3n) is 3.89. The minimum Gasteiger partial charge on any atom is -0.484 e. The molecule has 0 aliphatic rings. The Morgan fingerprint density at radius 1 is 1.12 bits per heavy atom. The molecule has 6 heteroatoms. The number of ether oxygens (including phenoxy) is 1. The lowest BCUT2D eigenvalue weighted by atomic mass is 10.1. The summed E-state index contributed by atoms with van der Waals surface area (Å²) in [6, 6.07) is 15.0. The van der Waals surface area contributed by atoms with Crippen LogP contribution in [0.5, 0.6) is 5.75 Å². The van der Waals surface area contributed by atoms with Crippen LogP contribution < -0.4 is 10.1 Å². The lowest BCUT2D eigenvalue weighted by Gasteiger charge is -2.08. The summed E-state index contributed by atoms with van der Waals surface area (Å²) in [6.45, 7) is 2.12. The van der Waals surface area contributed by atoms with Crippen molar-refractivity contribution < 1.29 is 13.9 Å². The van der Waals surface area contributed by atoms with E-state index in [0.29, 0.717) is 11.6 Å². The molecule has 3 aromatic rings. The second-order valence-corrected chi connectivity index (χ2v) is 5.91.